The second kappa shape index (κ2) is 4.74. The number of hydrogen-bond acceptors (Lipinski definition) is 1. The second-order valence-electron chi connectivity index (χ2n) is 5.04. The summed E-state index contributed by atoms with van der Waals surface area (Å²) in [5, 5.41) is 11.0. The Morgan fingerprint density at radius 1 is 0.955 bits per heavy atom. The average molecular weight is 318 g/mol. The highest BCUT2D eigenvalue weighted by Crippen LogP contribution is 2.38. The third kappa shape index (κ3) is 2.02. The molecule has 3 N–H and O–H groups in total. The van der Waals surface area contributed by atoms with E-state index in [0.717, 1.165) is 22.0 Å². The van der Waals surface area contributed by atoms with Gasteiger partial charge in [-0.2, -0.15) is 0 Å². The summed E-state index contributed by atoms with van der Waals surface area (Å²) in [6, 6.07) is 10.9. The van der Waals surface area contributed by atoms with Gasteiger partial charge in [0.25, 0.3) is 0 Å². The van der Waals surface area contributed by atoms with Gasteiger partial charge in [0.1, 0.15) is 17.5 Å². The molecular weight excluding hydrogens is 308 g/mol. The zero-order chi connectivity index (χ0) is 15.3. The van der Waals surface area contributed by atoms with Crippen molar-refractivity contribution in [3.05, 3.63) is 59.1 Å². The van der Waals surface area contributed by atoms with Crippen molar-refractivity contribution < 1.29 is 8.78 Å². The first-order valence-corrected chi connectivity index (χ1v) is 7.00. The van der Waals surface area contributed by atoms with Crippen LogP contribution in [0.5, 0.6) is 0 Å². The predicted octanol–water partition coefficient (Wildman–Crippen LogP) is 5.28. The number of benzene rings is 2. The van der Waals surface area contributed by atoms with E-state index < -0.39 is 5.82 Å². The molecule has 110 valence electrons. The van der Waals surface area contributed by atoms with Gasteiger partial charge in [0.15, 0.2) is 0 Å². The summed E-state index contributed by atoms with van der Waals surface area (Å²) in [4.78, 5) is 0. The monoisotopic (exact) mass is 317 g/mol. The maximum Gasteiger partial charge on any atom is 0.141 e. The minimum absolute atomic E-state index is 0.0477. The highest BCUT2D eigenvalue weighted by atomic mass is 35.5. The summed E-state index contributed by atoms with van der Waals surface area (Å²) < 4.78 is 26.5. The first-order chi connectivity index (χ1) is 10.6. The first kappa shape index (κ1) is 13.2. The number of rotatable bonds is 2. The van der Waals surface area contributed by atoms with Crippen molar-refractivity contribution in [1.29, 1.82) is 0 Å². The van der Waals surface area contributed by atoms with Crippen molar-refractivity contribution in [2.75, 3.05) is 5.32 Å². The molecular formula is C16H10ClF2N3. The second-order valence-corrected chi connectivity index (χ2v) is 5.45. The van der Waals surface area contributed by atoms with Crippen molar-refractivity contribution in [2.24, 2.45) is 0 Å². The SMILES string of the molecule is Fc1ccc2c3[nH][nH]c(Nc4ccc(F)c(Cl)c4)c-3cc2c1. The molecule has 1 aliphatic carbocycles. The Hall–Kier alpha value is -2.53. The molecule has 0 atom stereocenters. The summed E-state index contributed by atoms with van der Waals surface area (Å²) in [6.07, 6.45) is 0. The highest BCUT2D eigenvalue weighted by molar-refractivity contribution is 6.31. The van der Waals surface area contributed by atoms with Crippen molar-refractivity contribution >= 4 is 33.9 Å². The van der Waals surface area contributed by atoms with Crippen LogP contribution in [0, 0.1) is 11.6 Å². The topological polar surface area (TPSA) is 43.6 Å². The summed E-state index contributed by atoms with van der Waals surface area (Å²) in [7, 11) is 0. The van der Waals surface area contributed by atoms with Gasteiger partial charge < -0.3 is 5.32 Å². The fourth-order valence-electron chi connectivity index (χ4n) is 2.59. The number of aromatic nitrogens is 2. The van der Waals surface area contributed by atoms with E-state index in [9.17, 15) is 8.78 Å². The Labute approximate surface area is 129 Å². The van der Waals surface area contributed by atoms with E-state index in [0.29, 0.717) is 11.5 Å². The van der Waals surface area contributed by atoms with Crippen molar-refractivity contribution in [3.8, 4) is 11.3 Å². The van der Waals surface area contributed by atoms with Gasteiger partial charge in [0.05, 0.1) is 10.7 Å². The lowest BCUT2D eigenvalue weighted by molar-refractivity contribution is 0.628. The minimum Gasteiger partial charge on any atom is -0.340 e. The van der Waals surface area contributed by atoms with E-state index in [1.807, 2.05) is 6.07 Å². The Kier molecular flexibility index (Phi) is 2.84. The number of fused-ring (bicyclic) bond motifs is 3. The predicted molar refractivity (Wildman–Crippen MR) is 83.9 cm³/mol. The van der Waals surface area contributed by atoms with Gasteiger partial charge in [-0.1, -0.05) is 11.6 Å². The smallest absolute Gasteiger partial charge is 0.141 e. The van der Waals surface area contributed by atoms with Crippen molar-refractivity contribution in [1.82, 2.24) is 10.2 Å². The van der Waals surface area contributed by atoms with Crippen LogP contribution in [-0.4, -0.2) is 10.2 Å². The fraction of sp³-hybridized carbons (Fsp3) is 0. The molecule has 0 radical (unpaired) electrons. The Morgan fingerprint density at radius 3 is 2.64 bits per heavy atom. The Bertz CT molecular complexity index is 957. The third-order valence-electron chi connectivity index (χ3n) is 3.62. The van der Waals surface area contributed by atoms with Gasteiger partial charge in [0, 0.05) is 16.6 Å². The zero-order valence-electron chi connectivity index (χ0n) is 11.2. The number of hydrogen-bond donors (Lipinski definition) is 3. The number of halogens is 3. The summed E-state index contributed by atoms with van der Waals surface area (Å²) in [5.41, 5.74) is 2.42. The number of anilines is 2. The number of H-pyrrole nitrogens is 2. The van der Waals surface area contributed by atoms with Crippen LogP contribution < -0.4 is 5.32 Å². The molecule has 0 spiro atoms. The summed E-state index contributed by atoms with van der Waals surface area (Å²) in [5.74, 6) is -0.0387. The Balaban J connectivity index is 1.77. The van der Waals surface area contributed by atoms with E-state index in [2.05, 4.69) is 15.5 Å². The highest BCUT2D eigenvalue weighted by Gasteiger charge is 2.17. The number of nitrogens with one attached hydrogen (secondary N) is 3. The van der Waals surface area contributed by atoms with E-state index in [-0.39, 0.29) is 10.8 Å². The van der Waals surface area contributed by atoms with Gasteiger partial charge >= 0.3 is 0 Å². The summed E-state index contributed by atoms with van der Waals surface area (Å²) >= 11 is 5.78. The van der Waals surface area contributed by atoms with Crippen LogP contribution in [0.3, 0.4) is 0 Å². The van der Waals surface area contributed by atoms with Gasteiger partial charge in [-0.15, -0.1) is 0 Å². The Morgan fingerprint density at radius 2 is 1.82 bits per heavy atom. The molecule has 0 fully saturated rings. The molecule has 0 saturated heterocycles. The molecule has 22 heavy (non-hydrogen) atoms. The molecule has 3 nitrogen and oxygen atoms in total. The van der Waals surface area contributed by atoms with Gasteiger partial charge in [-0.3, -0.25) is 10.2 Å². The van der Waals surface area contributed by atoms with Gasteiger partial charge in [-0.05, 0) is 47.9 Å². The average Bonchev–Trinajstić information content (AvgIpc) is 3.02. The molecule has 0 aromatic heterocycles. The van der Waals surface area contributed by atoms with Crippen LogP contribution in [0.2, 0.25) is 5.02 Å². The molecule has 1 heterocycles. The van der Waals surface area contributed by atoms with E-state index in [4.69, 9.17) is 11.6 Å². The minimum atomic E-state index is -0.468. The van der Waals surface area contributed by atoms with Crippen LogP contribution in [0.25, 0.3) is 22.0 Å². The van der Waals surface area contributed by atoms with Gasteiger partial charge in [-0.25, -0.2) is 8.78 Å². The molecule has 2 aromatic carbocycles. The van der Waals surface area contributed by atoms with Crippen molar-refractivity contribution in [2.45, 2.75) is 0 Å². The molecule has 2 aromatic rings. The molecule has 1 aliphatic heterocycles. The molecule has 0 saturated carbocycles. The van der Waals surface area contributed by atoms with E-state index in [1.54, 1.807) is 12.1 Å². The number of aromatic amines is 2. The standard InChI is InChI=1S/C16H10ClF2N3/c17-13-7-10(2-4-14(13)19)20-16-12-6-8-5-9(18)1-3-11(8)15(12)21-22-16/h1-7,20-22H. The molecule has 6 heteroatoms. The quantitative estimate of drug-likeness (QED) is 0.463. The molecule has 4 rings (SSSR count). The van der Waals surface area contributed by atoms with Crippen LogP contribution >= 0.6 is 11.6 Å². The largest absolute Gasteiger partial charge is 0.340 e. The first-order valence-electron chi connectivity index (χ1n) is 6.62. The lowest BCUT2D eigenvalue weighted by Crippen LogP contribution is -1.92. The molecule has 0 unspecified atom stereocenters. The van der Waals surface area contributed by atoms with Crippen LogP contribution in [0.15, 0.2) is 42.5 Å². The molecule has 2 aliphatic rings. The van der Waals surface area contributed by atoms with Crippen LogP contribution in [-0.2, 0) is 0 Å². The fourth-order valence-corrected chi connectivity index (χ4v) is 2.77. The van der Waals surface area contributed by atoms with Gasteiger partial charge in [0.2, 0.25) is 0 Å². The van der Waals surface area contributed by atoms with Crippen molar-refractivity contribution in [3.63, 3.8) is 0 Å². The molecule has 0 amide bonds. The maximum absolute atomic E-state index is 13.3. The lowest BCUT2D eigenvalue weighted by atomic mass is 10.2. The zero-order valence-corrected chi connectivity index (χ0v) is 11.9. The lowest BCUT2D eigenvalue weighted by Gasteiger charge is -2.05. The molecule has 0 bridgehead atoms. The summed E-state index contributed by atoms with van der Waals surface area (Å²) in [6.45, 7) is 0. The van der Waals surface area contributed by atoms with E-state index in [1.165, 1.54) is 24.3 Å². The van der Waals surface area contributed by atoms with Crippen LogP contribution in [0.4, 0.5) is 20.3 Å². The third-order valence-corrected chi connectivity index (χ3v) is 3.91. The maximum atomic E-state index is 13.3. The normalized spacial score (nSPS) is 11.4. The van der Waals surface area contributed by atoms with E-state index >= 15 is 0 Å². The van der Waals surface area contributed by atoms with Crippen LogP contribution in [0.1, 0.15) is 0 Å².